The maximum atomic E-state index is 13.4. The molecule has 0 aliphatic carbocycles. The molecular weight excluding hydrogens is 393 g/mol. The number of halogens is 3. The van der Waals surface area contributed by atoms with Gasteiger partial charge in [-0.2, -0.15) is 5.10 Å². The molecule has 1 aromatic heterocycles. The normalized spacial score (nSPS) is 12.7. The van der Waals surface area contributed by atoms with E-state index in [-0.39, 0.29) is 5.82 Å². The van der Waals surface area contributed by atoms with E-state index >= 15 is 0 Å². The summed E-state index contributed by atoms with van der Waals surface area (Å²) in [4.78, 5) is 0. The Balaban J connectivity index is 2.39. The maximum Gasteiger partial charge on any atom is 0.123 e. The summed E-state index contributed by atoms with van der Waals surface area (Å²) >= 11 is 6.84. The molecule has 2 N–H and O–H groups in total. The fourth-order valence-electron chi connectivity index (χ4n) is 1.94. The van der Waals surface area contributed by atoms with Crippen LogP contribution in [0.2, 0.25) is 0 Å². The molecule has 1 unspecified atom stereocenters. The molecule has 0 radical (unpaired) electrons. The van der Waals surface area contributed by atoms with Gasteiger partial charge in [0.1, 0.15) is 5.82 Å². The molecule has 0 amide bonds. The van der Waals surface area contributed by atoms with Crippen LogP contribution in [0.3, 0.4) is 0 Å². The first-order chi connectivity index (χ1) is 9.54. The first-order valence-electron chi connectivity index (χ1n) is 5.95. The highest BCUT2D eigenvalue weighted by atomic mass is 79.9. The third-order valence-electron chi connectivity index (χ3n) is 2.93. The number of nitrogens with zero attached hydrogens (tertiary/aromatic N) is 2. The van der Waals surface area contributed by atoms with Crippen molar-refractivity contribution in [2.75, 3.05) is 13.7 Å². The van der Waals surface area contributed by atoms with Gasteiger partial charge < -0.3 is 10.5 Å². The lowest BCUT2D eigenvalue weighted by atomic mass is 10.0. The summed E-state index contributed by atoms with van der Waals surface area (Å²) in [6, 6.07) is 3.97. The van der Waals surface area contributed by atoms with Crippen molar-refractivity contribution < 1.29 is 9.13 Å². The summed E-state index contributed by atoms with van der Waals surface area (Å²) in [5, 5.41) is 4.25. The zero-order valence-corrected chi connectivity index (χ0v) is 14.0. The molecule has 108 valence electrons. The van der Waals surface area contributed by atoms with E-state index in [1.54, 1.807) is 24.1 Å². The molecule has 0 saturated carbocycles. The van der Waals surface area contributed by atoms with Crippen LogP contribution < -0.4 is 5.73 Å². The Morgan fingerprint density at radius 2 is 2.15 bits per heavy atom. The molecule has 4 nitrogen and oxygen atoms in total. The van der Waals surface area contributed by atoms with Gasteiger partial charge in [-0.15, -0.1) is 0 Å². The molecule has 1 aromatic carbocycles. The minimum Gasteiger partial charge on any atom is -0.383 e. The summed E-state index contributed by atoms with van der Waals surface area (Å²) in [5.41, 5.74) is 7.73. The van der Waals surface area contributed by atoms with Crippen LogP contribution in [0.1, 0.15) is 17.3 Å². The van der Waals surface area contributed by atoms with E-state index in [4.69, 9.17) is 10.5 Å². The highest BCUT2D eigenvalue weighted by molar-refractivity contribution is 9.10. The average molecular weight is 407 g/mol. The summed E-state index contributed by atoms with van der Waals surface area (Å²) in [7, 11) is 1.63. The standard InChI is InChI=1S/C13H14Br2FN3O/c1-20-5-4-19-13(11(15)7-18-19)12(17)9-6-8(16)2-3-10(9)14/h2-3,6-7,12H,4-5,17H2,1H3. The molecule has 2 rings (SSSR count). The zero-order chi connectivity index (χ0) is 14.7. The smallest absolute Gasteiger partial charge is 0.123 e. The zero-order valence-electron chi connectivity index (χ0n) is 10.8. The molecule has 7 heteroatoms. The first-order valence-corrected chi connectivity index (χ1v) is 7.54. The second-order valence-electron chi connectivity index (χ2n) is 4.24. The van der Waals surface area contributed by atoms with E-state index < -0.39 is 6.04 Å². The van der Waals surface area contributed by atoms with Crippen LogP contribution in [0.5, 0.6) is 0 Å². The van der Waals surface area contributed by atoms with Gasteiger partial charge in [0.05, 0.1) is 35.6 Å². The number of hydrogen-bond donors (Lipinski definition) is 1. The highest BCUT2D eigenvalue weighted by Gasteiger charge is 2.20. The Morgan fingerprint density at radius 1 is 1.40 bits per heavy atom. The van der Waals surface area contributed by atoms with Crippen molar-refractivity contribution in [3.05, 3.63) is 50.4 Å². The molecule has 2 aromatic rings. The molecule has 20 heavy (non-hydrogen) atoms. The minimum absolute atomic E-state index is 0.322. The largest absolute Gasteiger partial charge is 0.383 e. The van der Waals surface area contributed by atoms with Crippen LogP contribution in [0.25, 0.3) is 0 Å². The van der Waals surface area contributed by atoms with Crippen LogP contribution in [-0.2, 0) is 11.3 Å². The topological polar surface area (TPSA) is 53.1 Å². The Morgan fingerprint density at radius 3 is 2.85 bits per heavy atom. The van der Waals surface area contributed by atoms with Crippen molar-refractivity contribution in [3.63, 3.8) is 0 Å². The van der Waals surface area contributed by atoms with Crippen molar-refractivity contribution in [2.24, 2.45) is 5.73 Å². The second-order valence-corrected chi connectivity index (χ2v) is 5.95. The average Bonchev–Trinajstić information content (AvgIpc) is 2.79. The lowest BCUT2D eigenvalue weighted by Gasteiger charge is -2.17. The Bertz CT molecular complexity index is 603. The van der Waals surface area contributed by atoms with Crippen LogP contribution in [0.4, 0.5) is 4.39 Å². The molecule has 1 heterocycles. The van der Waals surface area contributed by atoms with Crippen LogP contribution in [-0.4, -0.2) is 23.5 Å². The maximum absolute atomic E-state index is 13.4. The van der Waals surface area contributed by atoms with Crippen molar-refractivity contribution in [1.29, 1.82) is 0 Å². The first kappa shape index (κ1) is 15.6. The van der Waals surface area contributed by atoms with Crippen molar-refractivity contribution >= 4 is 31.9 Å². The van der Waals surface area contributed by atoms with Gasteiger partial charge in [0.2, 0.25) is 0 Å². The summed E-state index contributed by atoms with van der Waals surface area (Å²) < 4.78 is 21.8. The summed E-state index contributed by atoms with van der Waals surface area (Å²) in [6.07, 6.45) is 1.68. The van der Waals surface area contributed by atoms with E-state index in [0.717, 1.165) is 14.6 Å². The number of ether oxygens (including phenoxy) is 1. The lowest BCUT2D eigenvalue weighted by Crippen LogP contribution is -2.20. The van der Waals surface area contributed by atoms with E-state index in [9.17, 15) is 4.39 Å². The van der Waals surface area contributed by atoms with Crippen LogP contribution in [0.15, 0.2) is 33.3 Å². The predicted molar refractivity (Wildman–Crippen MR) is 81.9 cm³/mol. The monoisotopic (exact) mass is 405 g/mol. The van der Waals surface area contributed by atoms with E-state index in [2.05, 4.69) is 37.0 Å². The van der Waals surface area contributed by atoms with Crippen molar-refractivity contribution in [2.45, 2.75) is 12.6 Å². The number of nitrogens with two attached hydrogens (primary N) is 1. The van der Waals surface area contributed by atoms with Gasteiger partial charge in [0.25, 0.3) is 0 Å². The second kappa shape index (κ2) is 6.80. The Kier molecular flexibility index (Phi) is 5.31. The number of benzene rings is 1. The lowest BCUT2D eigenvalue weighted by molar-refractivity contribution is 0.182. The summed E-state index contributed by atoms with van der Waals surface area (Å²) in [5.74, 6) is -0.322. The van der Waals surface area contributed by atoms with Crippen LogP contribution >= 0.6 is 31.9 Å². The molecule has 0 saturated heterocycles. The number of aromatic nitrogens is 2. The molecule has 0 aliphatic rings. The van der Waals surface area contributed by atoms with Gasteiger partial charge in [0.15, 0.2) is 0 Å². The fraction of sp³-hybridized carbons (Fsp3) is 0.308. The Labute approximate surface area is 133 Å². The molecule has 1 atom stereocenters. The highest BCUT2D eigenvalue weighted by Crippen LogP contribution is 2.31. The molecule has 0 aliphatic heterocycles. The van der Waals surface area contributed by atoms with E-state index in [0.29, 0.717) is 18.7 Å². The van der Waals surface area contributed by atoms with E-state index in [1.807, 2.05) is 0 Å². The quantitative estimate of drug-likeness (QED) is 0.829. The third-order valence-corrected chi connectivity index (χ3v) is 4.26. The SMILES string of the molecule is COCCn1ncc(Br)c1C(N)c1cc(F)ccc1Br. The van der Waals surface area contributed by atoms with Gasteiger partial charge in [-0.3, -0.25) is 4.68 Å². The van der Waals surface area contributed by atoms with Gasteiger partial charge in [-0.1, -0.05) is 15.9 Å². The van der Waals surface area contributed by atoms with E-state index in [1.165, 1.54) is 12.1 Å². The van der Waals surface area contributed by atoms with Crippen LogP contribution in [0, 0.1) is 5.82 Å². The fourth-order valence-corrected chi connectivity index (χ4v) is 2.97. The minimum atomic E-state index is -0.492. The molecule has 0 fully saturated rings. The Hall–Kier alpha value is -0.760. The van der Waals surface area contributed by atoms with Gasteiger partial charge in [0, 0.05) is 11.6 Å². The van der Waals surface area contributed by atoms with Gasteiger partial charge in [-0.25, -0.2) is 4.39 Å². The van der Waals surface area contributed by atoms with Gasteiger partial charge in [-0.05, 0) is 39.7 Å². The number of methoxy groups -OCH3 is 1. The number of rotatable bonds is 5. The van der Waals surface area contributed by atoms with Gasteiger partial charge >= 0.3 is 0 Å². The number of hydrogen-bond acceptors (Lipinski definition) is 3. The molecule has 0 spiro atoms. The molecular formula is C13H14Br2FN3O. The van der Waals surface area contributed by atoms with Crippen molar-refractivity contribution in [1.82, 2.24) is 9.78 Å². The predicted octanol–water partition coefficient (Wildman–Crippen LogP) is 3.24. The third kappa shape index (κ3) is 3.28. The van der Waals surface area contributed by atoms with Crippen molar-refractivity contribution in [3.8, 4) is 0 Å². The summed E-state index contributed by atoms with van der Waals surface area (Å²) in [6.45, 7) is 1.11. The molecule has 0 bridgehead atoms.